The lowest BCUT2D eigenvalue weighted by molar-refractivity contribution is 0.785. The van der Waals surface area contributed by atoms with Crippen molar-refractivity contribution in [3.63, 3.8) is 0 Å². The van der Waals surface area contributed by atoms with Crippen LogP contribution < -0.4 is 11.3 Å². The molecule has 0 saturated heterocycles. The molecule has 1 aromatic heterocycles. The molecule has 3 rings (SSSR count). The van der Waals surface area contributed by atoms with Crippen molar-refractivity contribution in [3.8, 4) is 11.1 Å². The standard InChI is InChI=1S/C17H14Cl2N2O/c1-21-15(9-20)16(10-5-3-2-4-6-10)11-7-13(18)14(19)8-12(11)17(21)22/h2-8H,9,20H2,1H3. The first-order valence-electron chi connectivity index (χ1n) is 6.80. The molecule has 0 unspecified atom stereocenters. The van der Waals surface area contributed by atoms with Gasteiger partial charge in [0.2, 0.25) is 0 Å². The van der Waals surface area contributed by atoms with E-state index in [0.29, 0.717) is 15.4 Å². The minimum atomic E-state index is -0.131. The van der Waals surface area contributed by atoms with Gasteiger partial charge in [-0.15, -0.1) is 0 Å². The number of fused-ring (bicyclic) bond motifs is 1. The topological polar surface area (TPSA) is 48.0 Å². The van der Waals surface area contributed by atoms with Crippen molar-refractivity contribution in [1.82, 2.24) is 4.57 Å². The maximum atomic E-state index is 12.6. The number of hydrogen-bond acceptors (Lipinski definition) is 2. The van der Waals surface area contributed by atoms with E-state index in [1.807, 2.05) is 30.3 Å². The van der Waals surface area contributed by atoms with Crippen LogP contribution in [0.15, 0.2) is 47.3 Å². The van der Waals surface area contributed by atoms with E-state index in [1.54, 1.807) is 23.7 Å². The summed E-state index contributed by atoms with van der Waals surface area (Å²) in [5.74, 6) is 0. The predicted octanol–water partition coefficient (Wildman–Crippen LogP) is 3.97. The number of nitrogens with two attached hydrogens (primary N) is 1. The van der Waals surface area contributed by atoms with Crippen molar-refractivity contribution < 1.29 is 0 Å². The number of benzene rings is 2. The van der Waals surface area contributed by atoms with Gasteiger partial charge in [0.15, 0.2) is 0 Å². The molecular formula is C17H14Cl2N2O. The van der Waals surface area contributed by atoms with E-state index in [4.69, 9.17) is 28.9 Å². The maximum absolute atomic E-state index is 12.6. The smallest absolute Gasteiger partial charge is 0.258 e. The SMILES string of the molecule is Cn1c(CN)c(-c2ccccc2)c2cc(Cl)c(Cl)cc2c1=O. The lowest BCUT2D eigenvalue weighted by atomic mass is 9.97. The molecule has 0 bridgehead atoms. The van der Waals surface area contributed by atoms with Crippen LogP contribution in [-0.2, 0) is 13.6 Å². The van der Waals surface area contributed by atoms with Crippen LogP contribution in [0.3, 0.4) is 0 Å². The van der Waals surface area contributed by atoms with E-state index in [9.17, 15) is 4.79 Å². The molecule has 22 heavy (non-hydrogen) atoms. The van der Waals surface area contributed by atoms with Crippen LogP contribution in [0.2, 0.25) is 10.0 Å². The second kappa shape index (κ2) is 5.76. The minimum absolute atomic E-state index is 0.131. The fraction of sp³-hybridized carbons (Fsp3) is 0.118. The Labute approximate surface area is 137 Å². The first-order valence-corrected chi connectivity index (χ1v) is 7.56. The van der Waals surface area contributed by atoms with Gasteiger partial charge in [-0.1, -0.05) is 53.5 Å². The van der Waals surface area contributed by atoms with Crippen molar-refractivity contribution in [1.29, 1.82) is 0 Å². The van der Waals surface area contributed by atoms with Crippen LogP contribution in [0.5, 0.6) is 0 Å². The molecule has 2 N–H and O–H groups in total. The van der Waals surface area contributed by atoms with Crippen LogP contribution in [0, 0.1) is 0 Å². The largest absolute Gasteiger partial charge is 0.325 e. The molecule has 0 aliphatic heterocycles. The lowest BCUT2D eigenvalue weighted by Crippen LogP contribution is -2.23. The third-order valence-corrected chi connectivity index (χ3v) is 4.54. The van der Waals surface area contributed by atoms with Gasteiger partial charge < -0.3 is 10.3 Å². The highest BCUT2D eigenvalue weighted by molar-refractivity contribution is 6.43. The van der Waals surface area contributed by atoms with Crippen LogP contribution in [0.1, 0.15) is 5.69 Å². The Morgan fingerprint density at radius 1 is 1.05 bits per heavy atom. The summed E-state index contributed by atoms with van der Waals surface area (Å²) in [6.07, 6.45) is 0. The fourth-order valence-corrected chi connectivity index (χ4v) is 3.05. The highest BCUT2D eigenvalue weighted by atomic mass is 35.5. The fourth-order valence-electron chi connectivity index (χ4n) is 2.72. The Morgan fingerprint density at radius 2 is 1.64 bits per heavy atom. The van der Waals surface area contributed by atoms with Crippen molar-refractivity contribution in [2.24, 2.45) is 12.8 Å². The Morgan fingerprint density at radius 3 is 2.23 bits per heavy atom. The van der Waals surface area contributed by atoms with Crippen molar-refractivity contribution in [2.45, 2.75) is 6.54 Å². The zero-order valence-corrected chi connectivity index (χ0v) is 13.4. The molecule has 112 valence electrons. The Kier molecular flexibility index (Phi) is 3.96. The van der Waals surface area contributed by atoms with Gasteiger partial charge >= 0.3 is 0 Å². The highest BCUT2D eigenvalue weighted by Gasteiger charge is 2.16. The third-order valence-electron chi connectivity index (χ3n) is 3.81. The quantitative estimate of drug-likeness (QED) is 0.771. The van der Waals surface area contributed by atoms with Crippen molar-refractivity contribution >= 4 is 34.0 Å². The van der Waals surface area contributed by atoms with Crippen molar-refractivity contribution in [2.75, 3.05) is 0 Å². The number of rotatable bonds is 2. The summed E-state index contributed by atoms with van der Waals surface area (Å²) in [4.78, 5) is 12.6. The second-order valence-electron chi connectivity index (χ2n) is 5.07. The van der Waals surface area contributed by atoms with E-state index in [1.165, 1.54) is 0 Å². The van der Waals surface area contributed by atoms with E-state index in [0.717, 1.165) is 22.2 Å². The summed E-state index contributed by atoms with van der Waals surface area (Å²) in [7, 11) is 1.72. The molecule has 0 aliphatic carbocycles. The molecule has 0 radical (unpaired) electrons. The Bertz CT molecular complexity index is 918. The normalized spacial score (nSPS) is 11.1. The zero-order chi connectivity index (χ0) is 15.9. The predicted molar refractivity (Wildman–Crippen MR) is 92.5 cm³/mol. The van der Waals surface area contributed by atoms with E-state index < -0.39 is 0 Å². The molecule has 2 aromatic carbocycles. The molecule has 3 aromatic rings. The first-order chi connectivity index (χ1) is 10.5. The molecule has 0 atom stereocenters. The lowest BCUT2D eigenvalue weighted by Gasteiger charge is -2.17. The molecule has 0 aliphatic rings. The molecule has 0 fully saturated rings. The second-order valence-corrected chi connectivity index (χ2v) is 5.88. The van der Waals surface area contributed by atoms with Gasteiger partial charge in [-0.3, -0.25) is 4.79 Å². The molecular weight excluding hydrogens is 319 g/mol. The first kappa shape index (κ1) is 15.1. The molecule has 0 spiro atoms. The monoisotopic (exact) mass is 332 g/mol. The molecule has 5 heteroatoms. The maximum Gasteiger partial charge on any atom is 0.258 e. The molecule has 1 heterocycles. The average molecular weight is 333 g/mol. The number of halogens is 2. The van der Waals surface area contributed by atoms with Crippen LogP contribution in [0.25, 0.3) is 21.9 Å². The molecule has 0 amide bonds. The summed E-state index contributed by atoms with van der Waals surface area (Å²) in [5, 5.41) is 2.09. The van der Waals surface area contributed by atoms with Gasteiger partial charge in [0, 0.05) is 30.2 Å². The summed E-state index contributed by atoms with van der Waals surface area (Å²) in [6, 6.07) is 13.2. The van der Waals surface area contributed by atoms with Gasteiger partial charge in [-0.05, 0) is 23.1 Å². The number of pyridine rings is 1. The number of hydrogen-bond donors (Lipinski definition) is 1. The third kappa shape index (κ3) is 2.31. The van der Waals surface area contributed by atoms with Gasteiger partial charge in [-0.2, -0.15) is 0 Å². The van der Waals surface area contributed by atoms with Crippen LogP contribution >= 0.6 is 23.2 Å². The molecule has 0 saturated carbocycles. The van der Waals surface area contributed by atoms with Crippen LogP contribution in [0.4, 0.5) is 0 Å². The van der Waals surface area contributed by atoms with Gasteiger partial charge in [0.1, 0.15) is 0 Å². The molecule has 3 nitrogen and oxygen atoms in total. The summed E-state index contributed by atoms with van der Waals surface area (Å²) >= 11 is 12.2. The van der Waals surface area contributed by atoms with Gasteiger partial charge in [0.05, 0.1) is 10.0 Å². The number of nitrogens with zero attached hydrogens (tertiary/aromatic N) is 1. The van der Waals surface area contributed by atoms with Crippen molar-refractivity contribution in [3.05, 3.63) is 68.6 Å². The summed E-state index contributed by atoms with van der Waals surface area (Å²) in [5.41, 5.74) is 8.44. The van der Waals surface area contributed by atoms with Gasteiger partial charge in [0.25, 0.3) is 5.56 Å². The number of aromatic nitrogens is 1. The summed E-state index contributed by atoms with van der Waals surface area (Å²) in [6.45, 7) is 0.256. The average Bonchev–Trinajstić information content (AvgIpc) is 2.53. The summed E-state index contributed by atoms with van der Waals surface area (Å²) < 4.78 is 1.58. The van der Waals surface area contributed by atoms with E-state index in [2.05, 4.69) is 0 Å². The van der Waals surface area contributed by atoms with E-state index in [-0.39, 0.29) is 12.1 Å². The van der Waals surface area contributed by atoms with E-state index >= 15 is 0 Å². The highest BCUT2D eigenvalue weighted by Crippen LogP contribution is 2.34. The Balaban J connectivity index is 2.56. The van der Waals surface area contributed by atoms with Gasteiger partial charge in [-0.25, -0.2) is 0 Å². The Hall–Kier alpha value is -1.81. The van der Waals surface area contributed by atoms with Crippen LogP contribution in [-0.4, -0.2) is 4.57 Å². The zero-order valence-electron chi connectivity index (χ0n) is 11.9. The minimum Gasteiger partial charge on any atom is -0.325 e.